The molecule has 2 fully saturated rings. The number of unbranched alkanes of at least 4 members (excludes halogenated alkanes) is 4. The zero-order chi connectivity index (χ0) is 33.6. The second kappa shape index (κ2) is 19.0. The predicted molar refractivity (Wildman–Crippen MR) is 195 cm³/mol. The van der Waals surface area contributed by atoms with E-state index in [0.29, 0.717) is 23.0 Å². The first-order valence-corrected chi connectivity index (χ1v) is 19.2. The largest absolute Gasteiger partial charge is 0.458 e. The Morgan fingerprint density at radius 1 is 0.583 bits per heavy atom. The smallest absolute Gasteiger partial charge is 0.338 e. The van der Waals surface area contributed by atoms with Gasteiger partial charge < -0.3 is 9.47 Å². The normalized spacial score (nSPS) is 21.7. The molecule has 0 heterocycles. The highest BCUT2D eigenvalue weighted by atomic mass is 16.6. The molecule has 0 N–H and O–H groups in total. The number of esters is 2. The van der Waals surface area contributed by atoms with Crippen molar-refractivity contribution in [3.63, 3.8) is 0 Å². The molecule has 0 amide bonds. The number of carbonyl (C=O) groups excluding carboxylic acids is 2. The lowest BCUT2D eigenvalue weighted by Gasteiger charge is -2.29. The molecule has 0 bridgehead atoms. The highest BCUT2D eigenvalue weighted by Gasteiger charge is 2.25. The molecule has 3 aromatic rings. The molecule has 3 aromatic carbocycles. The highest BCUT2D eigenvalue weighted by Crippen LogP contribution is 2.39. The molecule has 2 aliphatic rings. The van der Waals surface area contributed by atoms with E-state index in [1.54, 1.807) is 0 Å². The van der Waals surface area contributed by atoms with Gasteiger partial charge in [0.15, 0.2) is 6.10 Å². The molecular weight excluding hydrogens is 592 g/mol. The number of ether oxygens (including phenoxy) is 2. The van der Waals surface area contributed by atoms with Crippen molar-refractivity contribution in [1.29, 1.82) is 0 Å². The van der Waals surface area contributed by atoms with E-state index in [9.17, 15) is 9.59 Å². The molecule has 0 spiro atoms. The Morgan fingerprint density at radius 2 is 1.04 bits per heavy atom. The van der Waals surface area contributed by atoms with Crippen LogP contribution in [0.2, 0.25) is 0 Å². The minimum atomic E-state index is -0.697. The molecule has 0 aromatic heterocycles. The van der Waals surface area contributed by atoms with Crippen molar-refractivity contribution < 1.29 is 19.1 Å². The third kappa shape index (κ3) is 10.5. The monoisotopic (exact) mass is 650 g/mol. The Balaban J connectivity index is 1.12. The van der Waals surface area contributed by atoms with E-state index in [-0.39, 0.29) is 6.61 Å². The molecule has 0 unspecified atom stereocenters. The Bertz CT molecular complexity index is 1360. The van der Waals surface area contributed by atoms with Gasteiger partial charge in [0.2, 0.25) is 0 Å². The van der Waals surface area contributed by atoms with Crippen molar-refractivity contribution in [3.8, 4) is 0 Å². The summed E-state index contributed by atoms with van der Waals surface area (Å²) in [7, 11) is 0. The molecule has 2 saturated carbocycles. The molecule has 4 nitrogen and oxygen atoms in total. The summed E-state index contributed by atoms with van der Waals surface area (Å²) < 4.78 is 11.7. The van der Waals surface area contributed by atoms with E-state index in [1.165, 1.54) is 114 Å². The van der Waals surface area contributed by atoms with Crippen molar-refractivity contribution >= 4 is 11.9 Å². The number of carbonyl (C=O) groups is 2. The average Bonchev–Trinajstić information content (AvgIpc) is 3.14. The summed E-state index contributed by atoms with van der Waals surface area (Å²) in [6, 6.07) is 25.5. The molecule has 2 aliphatic carbocycles. The van der Waals surface area contributed by atoms with Gasteiger partial charge >= 0.3 is 11.9 Å². The van der Waals surface area contributed by atoms with Crippen LogP contribution in [0.3, 0.4) is 0 Å². The fourth-order valence-electron chi connectivity index (χ4n) is 8.02. The second-order valence-corrected chi connectivity index (χ2v) is 14.6. The van der Waals surface area contributed by atoms with Crippen molar-refractivity contribution in [2.45, 2.75) is 135 Å². The van der Waals surface area contributed by atoms with Gasteiger partial charge in [-0.15, -0.1) is 0 Å². The summed E-state index contributed by atoms with van der Waals surface area (Å²) in [4.78, 5) is 26.4. The summed E-state index contributed by atoms with van der Waals surface area (Å²) in [5.41, 5.74) is 4.47. The maximum atomic E-state index is 13.3. The molecule has 0 aliphatic heterocycles. The molecule has 258 valence electrons. The van der Waals surface area contributed by atoms with Crippen LogP contribution >= 0.6 is 0 Å². The first kappa shape index (κ1) is 35.9. The van der Waals surface area contributed by atoms with E-state index >= 15 is 0 Å². The maximum Gasteiger partial charge on any atom is 0.338 e. The van der Waals surface area contributed by atoms with Crippen LogP contribution < -0.4 is 0 Å². The fraction of sp³-hybridized carbons (Fsp3) is 0.545. The molecule has 0 radical (unpaired) electrons. The van der Waals surface area contributed by atoms with Gasteiger partial charge in [-0.3, -0.25) is 0 Å². The van der Waals surface area contributed by atoms with Gasteiger partial charge in [-0.25, -0.2) is 9.59 Å². The number of rotatable bonds is 16. The van der Waals surface area contributed by atoms with Crippen molar-refractivity contribution in [2.24, 2.45) is 11.8 Å². The number of hydrogen-bond acceptors (Lipinski definition) is 4. The minimum Gasteiger partial charge on any atom is -0.458 e. The third-order valence-electron chi connectivity index (χ3n) is 11.1. The zero-order valence-corrected chi connectivity index (χ0v) is 29.5. The zero-order valence-electron chi connectivity index (χ0n) is 29.5. The first-order chi connectivity index (χ1) is 23.5. The van der Waals surface area contributed by atoms with Crippen LogP contribution in [0.15, 0.2) is 78.9 Å². The van der Waals surface area contributed by atoms with Gasteiger partial charge in [0.1, 0.15) is 6.61 Å². The minimum absolute atomic E-state index is 0.0437. The molecule has 48 heavy (non-hydrogen) atoms. The van der Waals surface area contributed by atoms with Gasteiger partial charge in [0, 0.05) is 0 Å². The first-order valence-electron chi connectivity index (χ1n) is 19.2. The van der Waals surface area contributed by atoms with Gasteiger partial charge in [0.25, 0.3) is 0 Å². The Kier molecular flexibility index (Phi) is 14.2. The Hall–Kier alpha value is -3.40. The van der Waals surface area contributed by atoms with E-state index in [4.69, 9.17) is 9.47 Å². The van der Waals surface area contributed by atoms with Gasteiger partial charge in [-0.1, -0.05) is 120 Å². The summed E-state index contributed by atoms with van der Waals surface area (Å²) in [6.07, 6.45) is 20.2. The molecular formula is C44H58O4. The number of benzene rings is 3. The second-order valence-electron chi connectivity index (χ2n) is 14.6. The molecule has 4 heteroatoms. The lowest BCUT2D eigenvalue weighted by Crippen LogP contribution is -2.19. The van der Waals surface area contributed by atoms with Crippen LogP contribution in [0, 0.1) is 11.8 Å². The topological polar surface area (TPSA) is 52.6 Å². The van der Waals surface area contributed by atoms with Crippen molar-refractivity contribution in [2.75, 3.05) is 6.61 Å². The summed E-state index contributed by atoms with van der Waals surface area (Å²) in [5, 5.41) is 0. The molecule has 1 atom stereocenters. The lowest BCUT2D eigenvalue weighted by atomic mass is 9.77. The maximum absolute atomic E-state index is 13.3. The van der Waals surface area contributed by atoms with Crippen molar-refractivity contribution in [1.82, 2.24) is 0 Å². The number of hydrogen-bond donors (Lipinski definition) is 0. The molecule has 0 saturated heterocycles. The van der Waals surface area contributed by atoms with Crippen LogP contribution in [0.1, 0.15) is 172 Å². The summed E-state index contributed by atoms with van der Waals surface area (Å²) >= 11 is 0. The van der Waals surface area contributed by atoms with Crippen LogP contribution in [-0.2, 0) is 9.47 Å². The summed E-state index contributed by atoms with van der Waals surface area (Å²) in [6.45, 7) is 4.50. The SMILES string of the molecule is CCCCCC1CCC(c2ccc(C(=O)OC[C@@H](OC(=O)c3ccc([C@H]4CC[C@H](CCCCC)CC4)cc3)c3ccccc3)cc2)CC1. The van der Waals surface area contributed by atoms with E-state index < -0.39 is 18.0 Å². The summed E-state index contributed by atoms with van der Waals surface area (Å²) in [5.74, 6) is 2.09. The van der Waals surface area contributed by atoms with E-state index in [0.717, 1.165) is 17.4 Å². The van der Waals surface area contributed by atoms with Crippen molar-refractivity contribution in [3.05, 3.63) is 107 Å². The standard InChI is InChI=1S/C44H58O4/c1-3-5-8-12-33-16-20-35(21-17-33)37-24-28-40(29-25-37)43(45)47-32-42(39-14-10-7-11-15-39)48-44(46)41-30-26-38(27-31-41)36-22-18-34(19-23-36)13-9-6-4-2/h7,10-11,14-15,24-31,33-36,42H,3-6,8-9,12-13,16-23,32H2,1-2H3/t33?,34-,35?,36-,42-/m1/s1. The van der Waals surface area contributed by atoms with Crippen LogP contribution in [-0.4, -0.2) is 18.5 Å². The fourth-order valence-corrected chi connectivity index (χ4v) is 8.02. The molecule has 5 rings (SSSR count). The Labute approximate surface area is 290 Å². The van der Waals surface area contributed by atoms with Gasteiger partial charge in [-0.2, -0.15) is 0 Å². The predicted octanol–water partition coefficient (Wildman–Crippen LogP) is 12.1. The van der Waals surface area contributed by atoms with Gasteiger partial charge in [-0.05, 0) is 116 Å². The quantitative estimate of drug-likeness (QED) is 0.114. The van der Waals surface area contributed by atoms with E-state index in [1.807, 2.05) is 54.6 Å². The van der Waals surface area contributed by atoms with Gasteiger partial charge in [0.05, 0.1) is 11.1 Å². The lowest BCUT2D eigenvalue weighted by molar-refractivity contribution is -0.00134. The van der Waals surface area contributed by atoms with Crippen LogP contribution in [0.5, 0.6) is 0 Å². The van der Waals surface area contributed by atoms with E-state index in [2.05, 4.69) is 38.1 Å². The van der Waals surface area contributed by atoms with Crippen LogP contribution in [0.4, 0.5) is 0 Å². The Morgan fingerprint density at radius 3 is 1.50 bits per heavy atom. The van der Waals surface area contributed by atoms with Crippen LogP contribution in [0.25, 0.3) is 0 Å². The highest BCUT2D eigenvalue weighted by molar-refractivity contribution is 5.90. The third-order valence-corrected chi connectivity index (χ3v) is 11.1. The average molecular weight is 651 g/mol.